The first kappa shape index (κ1) is 26.8. The number of pyridine rings is 1. The molecule has 6 heteroatoms. The van der Waals surface area contributed by atoms with Crippen LogP contribution in [0.5, 0.6) is 0 Å². The Morgan fingerprint density at radius 3 is 1.52 bits per heavy atom. The van der Waals surface area contributed by atoms with E-state index in [0.29, 0.717) is 17.3 Å². The summed E-state index contributed by atoms with van der Waals surface area (Å²) >= 11 is 0. The Morgan fingerprint density at radius 1 is 0.396 bits per heavy atom. The van der Waals surface area contributed by atoms with Crippen LogP contribution in [0.3, 0.4) is 0 Å². The maximum absolute atomic E-state index is 14.0. The molecule has 4 nitrogen and oxygen atoms in total. The molecule has 0 saturated carbocycles. The number of rotatable bonds is 3. The van der Waals surface area contributed by atoms with Crippen LogP contribution in [0.1, 0.15) is 0 Å². The SMILES string of the molecule is Fc1ccc(-c2cc(-c3ccc(F)cc3)nc(-n3c4ccccc4c4ccc5c(cc6c7ccccc7c7ccccc7n65)c43)n2)cc1. The van der Waals surface area contributed by atoms with E-state index in [1.807, 2.05) is 18.2 Å². The lowest BCUT2D eigenvalue weighted by Gasteiger charge is -2.12. The van der Waals surface area contributed by atoms with E-state index in [4.69, 9.17) is 9.97 Å². The molecule has 10 aromatic rings. The molecule has 0 bridgehead atoms. The molecule has 48 heavy (non-hydrogen) atoms. The van der Waals surface area contributed by atoms with Crippen LogP contribution in [0.25, 0.3) is 88.4 Å². The number of hydrogen-bond acceptors (Lipinski definition) is 2. The van der Waals surface area contributed by atoms with Gasteiger partial charge in [-0.2, -0.15) is 0 Å². The Hall–Kier alpha value is -6.40. The van der Waals surface area contributed by atoms with Gasteiger partial charge in [-0.15, -0.1) is 0 Å². The van der Waals surface area contributed by atoms with Crippen molar-refractivity contribution in [3.05, 3.63) is 157 Å². The second-order valence-corrected chi connectivity index (χ2v) is 12.1. The van der Waals surface area contributed by atoms with Crippen LogP contribution in [-0.2, 0) is 0 Å². The molecule has 0 radical (unpaired) electrons. The van der Waals surface area contributed by atoms with E-state index in [-0.39, 0.29) is 11.6 Å². The highest BCUT2D eigenvalue weighted by molar-refractivity contribution is 6.22. The van der Waals surface area contributed by atoms with Crippen LogP contribution in [0.4, 0.5) is 8.78 Å². The van der Waals surface area contributed by atoms with Crippen LogP contribution in [0, 0.1) is 11.6 Å². The van der Waals surface area contributed by atoms with Crippen molar-refractivity contribution in [1.82, 2.24) is 18.9 Å². The number of fused-ring (bicyclic) bond motifs is 12. The van der Waals surface area contributed by atoms with Crippen molar-refractivity contribution < 1.29 is 8.78 Å². The third kappa shape index (κ3) is 3.86. The summed E-state index contributed by atoms with van der Waals surface area (Å²) in [5.41, 5.74) is 8.07. The maximum atomic E-state index is 14.0. The number of benzene rings is 6. The number of nitrogens with zero attached hydrogens (tertiary/aromatic N) is 4. The van der Waals surface area contributed by atoms with E-state index in [0.717, 1.165) is 54.9 Å². The third-order valence-corrected chi connectivity index (χ3v) is 9.45. The van der Waals surface area contributed by atoms with Gasteiger partial charge in [0.15, 0.2) is 0 Å². The van der Waals surface area contributed by atoms with Gasteiger partial charge < -0.3 is 4.40 Å². The first-order chi connectivity index (χ1) is 23.6. The summed E-state index contributed by atoms with van der Waals surface area (Å²) in [6.45, 7) is 0. The molecule has 0 fully saturated rings. The average Bonchev–Trinajstić information content (AvgIpc) is 3.69. The van der Waals surface area contributed by atoms with Gasteiger partial charge in [-0.25, -0.2) is 18.7 Å². The number of aromatic nitrogens is 4. The van der Waals surface area contributed by atoms with Crippen molar-refractivity contribution in [1.29, 1.82) is 0 Å². The normalized spacial score (nSPS) is 12.0. The minimum atomic E-state index is -0.322. The van der Waals surface area contributed by atoms with E-state index in [2.05, 4.69) is 87.8 Å². The van der Waals surface area contributed by atoms with Gasteiger partial charge in [-0.1, -0.05) is 66.7 Å². The van der Waals surface area contributed by atoms with E-state index >= 15 is 0 Å². The van der Waals surface area contributed by atoms with Crippen molar-refractivity contribution in [2.24, 2.45) is 0 Å². The third-order valence-electron chi connectivity index (χ3n) is 9.45. The molecule has 0 spiro atoms. The second-order valence-electron chi connectivity index (χ2n) is 12.1. The fraction of sp³-hybridized carbons (Fsp3) is 0. The molecule has 0 aliphatic heterocycles. The van der Waals surface area contributed by atoms with Gasteiger partial charge in [0, 0.05) is 38.1 Å². The fourth-order valence-electron chi connectivity index (χ4n) is 7.32. The number of hydrogen-bond donors (Lipinski definition) is 0. The van der Waals surface area contributed by atoms with Crippen molar-refractivity contribution in [2.45, 2.75) is 0 Å². The van der Waals surface area contributed by atoms with Crippen LogP contribution in [0.15, 0.2) is 146 Å². The summed E-state index contributed by atoms with van der Waals surface area (Å²) in [5.74, 6) is -0.172. The molecule has 10 rings (SSSR count). The average molecular weight is 623 g/mol. The Bertz CT molecular complexity index is 2840. The summed E-state index contributed by atoms with van der Waals surface area (Å²) in [4.78, 5) is 10.3. The fourth-order valence-corrected chi connectivity index (χ4v) is 7.32. The predicted molar refractivity (Wildman–Crippen MR) is 191 cm³/mol. The minimum absolute atomic E-state index is 0.322. The summed E-state index contributed by atoms with van der Waals surface area (Å²) in [6.07, 6.45) is 0. The largest absolute Gasteiger partial charge is 0.309 e. The smallest absolute Gasteiger partial charge is 0.235 e. The quantitative estimate of drug-likeness (QED) is 0.184. The zero-order valence-electron chi connectivity index (χ0n) is 25.4. The highest BCUT2D eigenvalue weighted by Gasteiger charge is 2.21. The van der Waals surface area contributed by atoms with Crippen LogP contribution in [0.2, 0.25) is 0 Å². The molecule has 6 aromatic carbocycles. The molecule has 0 atom stereocenters. The maximum Gasteiger partial charge on any atom is 0.235 e. The standard InChI is InChI=1S/C42H24F2N4/c43-27-17-13-25(14-18-27)35-24-36(26-15-19-28(44)20-16-26)46-42(45-35)48-38-12-6-4-10-32(38)33-21-22-39-34(41(33)48)23-40-31-9-2-1-7-29(31)30-8-3-5-11-37(30)47(39)40/h1-24H. The first-order valence-corrected chi connectivity index (χ1v) is 15.8. The Morgan fingerprint density at radius 2 is 0.896 bits per heavy atom. The molecule has 4 aromatic heterocycles. The minimum Gasteiger partial charge on any atom is -0.309 e. The lowest BCUT2D eigenvalue weighted by atomic mass is 10.1. The topological polar surface area (TPSA) is 35.1 Å². The monoisotopic (exact) mass is 622 g/mol. The van der Waals surface area contributed by atoms with Gasteiger partial charge in [0.05, 0.1) is 39.0 Å². The lowest BCUT2D eigenvalue weighted by Crippen LogP contribution is -2.04. The molecule has 0 aliphatic rings. The summed E-state index contributed by atoms with van der Waals surface area (Å²) in [5, 5.41) is 6.82. The highest BCUT2D eigenvalue weighted by Crippen LogP contribution is 2.41. The van der Waals surface area contributed by atoms with Crippen LogP contribution < -0.4 is 0 Å². The molecule has 226 valence electrons. The van der Waals surface area contributed by atoms with Gasteiger partial charge in [0.25, 0.3) is 0 Å². The van der Waals surface area contributed by atoms with E-state index in [9.17, 15) is 8.78 Å². The molecular formula is C42H24F2N4. The molecule has 0 aliphatic carbocycles. The summed E-state index contributed by atoms with van der Waals surface area (Å²) in [6, 6.07) is 46.6. The number of para-hydroxylation sites is 2. The number of halogens is 2. The van der Waals surface area contributed by atoms with Gasteiger partial charge in [0.1, 0.15) is 11.6 Å². The second kappa shape index (κ2) is 10.0. The molecule has 4 heterocycles. The summed E-state index contributed by atoms with van der Waals surface area (Å²) < 4.78 is 32.5. The van der Waals surface area contributed by atoms with Crippen molar-refractivity contribution in [2.75, 3.05) is 0 Å². The van der Waals surface area contributed by atoms with Crippen molar-refractivity contribution in [3.8, 4) is 28.5 Å². The Labute approximate surface area is 272 Å². The Kier molecular flexibility index (Phi) is 5.61. The summed E-state index contributed by atoms with van der Waals surface area (Å²) in [7, 11) is 0. The van der Waals surface area contributed by atoms with E-state index < -0.39 is 0 Å². The zero-order valence-corrected chi connectivity index (χ0v) is 25.4. The Balaban J connectivity index is 1.37. The zero-order chi connectivity index (χ0) is 31.9. The van der Waals surface area contributed by atoms with Gasteiger partial charge in [-0.3, -0.25) is 4.57 Å². The van der Waals surface area contributed by atoms with Gasteiger partial charge in [0.2, 0.25) is 5.95 Å². The van der Waals surface area contributed by atoms with Crippen molar-refractivity contribution in [3.63, 3.8) is 0 Å². The van der Waals surface area contributed by atoms with Crippen LogP contribution in [-0.4, -0.2) is 18.9 Å². The first-order valence-electron chi connectivity index (χ1n) is 15.8. The van der Waals surface area contributed by atoms with Gasteiger partial charge in [-0.05, 0) is 84.2 Å². The van der Waals surface area contributed by atoms with Crippen molar-refractivity contribution >= 4 is 59.9 Å². The molecule has 0 amide bonds. The van der Waals surface area contributed by atoms with Gasteiger partial charge >= 0.3 is 0 Å². The molecule has 0 N–H and O–H groups in total. The highest BCUT2D eigenvalue weighted by atomic mass is 19.1. The predicted octanol–water partition coefficient (Wildman–Crippen LogP) is 10.9. The van der Waals surface area contributed by atoms with Crippen LogP contribution >= 0.6 is 0 Å². The van der Waals surface area contributed by atoms with E-state index in [1.54, 1.807) is 24.3 Å². The molecule has 0 unspecified atom stereocenters. The van der Waals surface area contributed by atoms with E-state index in [1.165, 1.54) is 40.4 Å². The molecular weight excluding hydrogens is 598 g/mol. The molecule has 0 saturated heterocycles. The lowest BCUT2D eigenvalue weighted by molar-refractivity contribution is 0.627.